The number of pyridine rings is 1. The maximum atomic E-state index is 12.6. The van der Waals surface area contributed by atoms with Crippen molar-refractivity contribution in [2.24, 2.45) is 7.05 Å². The van der Waals surface area contributed by atoms with Gasteiger partial charge in [0.1, 0.15) is 0 Å². The van der Waals surface area contributed by atoms with Gasteiger partial charge in [-0.15, -0.1) is 0 Å². The van der Waals surface area contributed by atoms with E-state index >= 15 is 0 Å². The molecule has 0 atom stereocenters. The molecule has 1 fully saturated rings. The Bertz CT molecular complexity index is 1080. The molecule has 2 aromatic heterocycles. The summed E-state index contributed by atoms with van der Waals surface area (Å²) >= 11 is 0. The summed E-state index contributed by atoms with van der Waals surface area (Å²) < 4.78 is 28.5. The highest BCUT2D eigenvalue weighted by atomic mass is 32.2. The molecule has 0 saturated carbocycles. The van der Waals surface area contributed by atoms with Gasteiger partial charge < -0.3 is 5.32 Å². The summed E-state index contributed by atoms with van der Waals surface area (Å²) in [5.41, 5.74) is 4.00. The van der Waals surface area contributed by atoms with Gasteiger partial charge in [-0.3, -0.25) is 4.68 Å². The van der Waals surface area contributed by atoms with Gasteiger partial charge in [-0.2, -0.15) is 9.40 Å². The van der Waals surface area contributed by atoms with Crippen LogP contribution in [0.25, 0.3) is 11.0 Å². The van der Waals surface area contributed by atoms with Crippen molar-refractivity contribution in [1.82, 2.24) is 24.4 Å². The smallest absolute Gasteiger partial charge is 0.243 e. The predicted molar refractivity (Wildman–Crippen MR) is 108 cm³/mol. The molecule has 0 bridgehead atoms. The molecule has 148 valence electrons. The molecule has 3 heterocycles. The number of nitrogens with zero attached hydrogens (tertiary/aromatic N) is 4. The van der Waals surface area contributed by atoms with Crippen molar-refractivity contribution >= 4 is 21.1 Å². The third-order valence-electron chi connectivity index (χ3n) is 5.20. The normalized spacial score (nSPS) is 15.5. The van der Waals surface area contributed by atoms with E-state index in [1.54, 1.807) is 21.1 Å². The van der Waals surface area contributed by atoms with Crippen molar-refractivity contribution < 1.29 is 8.42 Å². The second-order valence-electron chi connectivity index (χ2n) is 7.28. The molecule has 0 spiro atoms. The molecule has 1 aliphatic rings. The molecule has 0 unspecified atom stereocenters. The molecule has 1 saturated heterocycles. The van der Waals surface area contributed by atoms with E-state index < -0.39 is 10.0 Å². The highest BCUT2D eigenvalue weighted by Gasteiger charge is 2.26. The quantitative estimate of drug-likeness (QED) is 0.688. The first-order valence-electron chi connectivity index (χ1n) is 9.53. The van der Waals surface area contributed by atoms with Gasteiger partial charge in [0, 0.05) is 44.8 Å². The molecule has 4 rings (SSSR count). The largest absolute Gasteiger partial charge is 0.309 e. The van der Waals surface area contributed by atoms with E-state index in [-0.39, 0.29) is 0 Å². The van der Waals surface area contributed by atoms with E-state index in [2.05, 4.69) is 21.5 Å². The van der Waals surface area contributed by atoms with Gasteiger partial charge >= 0.3 is 0 Å². The Morgan fingerprint density at radius 1 is 1.07 bits per heavy atom. The van der Waals surface area contributed by atoms with Crippen LogP contribution in [0.1, 0.15) is 29.7 Å². The van der Waals surface area contributed by atoms with Crippen LogP contribution in [0.4, 0.5) is 0 Å². The molecule has 0 amide bonds. The van der Waals surface area contributed by atoms with Gasteiger partial charge in [-0.1, -0.05) is 12.1 Å². The summed E-state index contributed by atoms with van der Waals surface area (Å²) in [6.45, 7) is 4.58. The van der Waals surface area contributed by atoms with Crippen molar-refractivity contribution in [2.75, 3.05) is 13.1 Å². The molecular weight excluding hydrogens is 374 g/mol. The summed E-state index contributed by atoms with van der Waals surface area (Å²) in [5.74, 6) is 0. The van der Waals surface area contributed by atoms with Gasteiger partial charge in [0.05, 0.1) is 10.6 Å². The third-order valence-corrected chi connectivity index (χ3v) is 7.12. The molecule has 28 heavy (non-hydrogen) atoms. The van der Waals surface area contributed by atoms with Crippen LogP contribution in [0.15, 0.2) is 41.4 Å². The Balaban J connectivity index is 1.38. The zero-order valence-electron chi connectivity index (χ0n) is 16.2. The highest BCUT2D eigenvalue weighted by Crippen LogP contribution is 2.21. The summed E-state index contributed by atoms with van der Waals surface area (Å²) in [5, 5.41) is 8.86. The Hall–Kier alpha value is -2.29. The predicted octanol–water partition coefficient (Wildman–Crippen LogP) is 2.35. The van der Waals surface area contributed by atoms with Gasteiger partial charge in [0.25, 0.3) is 0 Å². The maximum Gasteiger partial charge on any atom is 0.243 e. The van der Waals surface area contributed by atoms with Crippen LogP contribution in [-0.2, 0) is 30.2 Å². The zero-order valence-corrected chi connectivity index (χ0v) is 17.0. The van der Waals surface area contributed by atoms with E-state index in [1.165, 1.54) is 0 Å². The van der Waals surface area contributed by atoms with Crippen LogP contribution in [0.3, 0.4) is 0 Å². The molecule has 1 N–H and O–H groups in total. The second kappa shape index (κ2) is 7.62. The number of aromatic nitrogens is 3. The minimum atomic E-state index is -3.35. The first kappa shape index (κ1) is 19.0. The number of sulfonamides is 1. The van der Waals surface area contributed by atoms with Gasteiger partial charge in [0.15, 0.2) is 5.65 Å². The number of nitrogens with one attached hydrogen (secondary N) is 1. The second-order valence-corrected chi connectivity index (χ2v) is 9.22. The van der Waals surface area contributed by atoms with Crippen LogP contribution in [-0.4, -0.2) is 40.6 Å². The fourth-order valence-corrected chi connectivity index (χ4v) is 5.17. The number of hydrogen-bond donors (Lipinski definition) is 1. The molecule has 3 aromatic rings. The van der Waals surface area contributed by atoms with Gasteiger partial charge in [-0.25, -0.2) is 13.4 Å². The standard InChI is InChI=1S/C20H25N5O2S/c1-15-19-11-17(14-22-20(19)24(2)23-15)13-21-12-16-5-7-18(8-6-16)28(26,27)25-9-3-4-10-25/h5-8,11,14,21H,3-4,9-10,12-13H2,1-2H3. The molecule has 1 aromatic carbocycles. The molecular formula is C20H25N5O2S. The number of fused-ring (bicyclic) bond motifs is 1. The molecule has 1 aliphatic heterocycles. The van der Waals surface area contributed by atoms with E-state index in [0.717, 1.165) is 40.7 Å². The fourth-order valence-electron chi connectivity index (χ4n) is 3.66. The Kier molecular flexibility index (Phi) is 5.18. The first-order chi connectivity index (χ1) is 13.4. The highest BCUT2D eigenvalue weighted by molar-refractivity contribution is 7.89. The lowest BCUT2D eigenvalue weighted by Gasteiger charge is -2.15. The topological polar surface area (TPSA) is 80.1 Å². The summed E-state index contributed by atoms with van der Waals surface area (Å²) in [6.07, 6.45) is 3.75. The van der Waals surface area contributed by atoms with Gasteiger partial charge in [0.2, 0.25) is 10.0 Å². The molecule has 0 aliphatic carbocycles. The van der Waals surface area contributed by atoms with Gasteiger partial charge in [-0.05, 0) is 49.1 Å². The van der Waals surface area contributed by atoms with Crippen LogP contribution in [0.5, 0.6) is 0 Å². The summed E-state index contributed by atoms with van der Waals surface area (Å²) in [4.78, 5) is 4.87. The van der Waals surface area contributed by atoms with Crippen molar-refractivity contribution in [2.45, 2.75) is 37.8 Å². The first-order valence-corrected chi connectivity index (χ1v) is 11.0. The zero-order chi connectivity index (χ0) is 19.7. The lowest BCUT2D eigenvalue weighted by molar-refractivity contribution is 0.477. The van der Waals surface area contributed by atoms with Crippen molar-refractivity contribution in [3.63, 3.8) is 0 Å². The summed E-state index contributed by atoms with van der Waals surface area (Å²) in [7, 11) is -1.45. The van der Waals surface area contributed by atoms with E-state index in [0.29, 0.717) is 31.1 Å². The number of aryl methyl sites for hydroxylation is 2. The number of benzene rings is 1. The van der Waals surface area contributed by atoms with Crippen LogP contribution in [0.2, 0.25) is 0 Å². The Morgan fingerprint density at radius 2 is 1.75 bits per heavy atom. The fraction of sp³-hybridized carbons (Fsp3) is 0.400. The minimum Gasteiger partial charge on any atom is -0.309 e. The molecule has 7 nitrogen and oxygen atoms in total. The van der Waals surface area contributed by atoms with Crippen molar-refractivity contribution in [3.8, 4) is 0 Å². The maximum absolute atomic E-state index is 12.6. The lowest BCUT2D eigenvalue weighted by Crippen LogP contribution is -2.27. The summed E-state index contributed by atoms with van der Waals surface area (Å²) in [6, 6.07) is 9.28. The number of hydrogen-bond acceptors (Lipinski definition) is 5. The van der Waals surface area contributed by atoms with Crippen molar-refractivity contribution in [1.29, 1.82) is 0 Å². The van der Waals surface area contributed by atoms with Crippen LogP contribution < -0.4 is 5.32 Å². The average molecular weight is 400 g/mol. The lowest BCUT2D eigenvalue weighted by atomic mass is 10.2. The minimum absolute atomic E-state index is 0.375. The number of rotatable bonds is 6. The third kappa shape index (κ3) is 3.67. The Morgan fingerprint density at radius 3 is 2.46 bits per heavy atom. The van der Waals surface area contributed by atoms with Crippen LogP contribution in [0, 0.1) is 6.92 Å². The molecule has 0 radical (unpaired) electrons. The van der Waals surface area contributed by atoms with E-state index in [1.807, 2.05) is 32.3 Å². The van der Waals surface area contributed by atoms with Crippen LogP contribution >= 0.6 is 0 Å². The SMILES string of the molecule is Cc1nn(C)c2ncc(CNCc3ccc(S(=O)(=O)N4CCCC4)cc3)cc12. The Labute approximate surface area is 165 Å². The van der Waals surface area contributed by atoms with Crippen molar-refractivity contribution in [3.05, 3.63) is 53.3 Å². The monoisotopic (exact) mass is 399 g/mol. The van der Waals surface area contributed by atoms with E-state index in [9.17, 15) is 8.42 Å². The average Bonchev–Trinajstić information content (AvgIpc) is 3.32. The molecule has 8 heteroatoms. The van der Waals surface area contributed by atoms with E-state index in [4.69, 9.17) is 0 Å².